The van der Waals surface area contributed by atoms with Gasteiger partial charge in [0.15, 0.2) is 6.61 Å². The maximum Gasteiger partial charge on any atom is 0.356 e. The molecule has 0 bridgehead atoms. The first-order chi connectivity index (χ1) is 14.6. The summed E-state index contributed by atoms with van der Waals surface area (Å²) in [5, 5.41) is 0.821. The first-order valence-electron chi connectivity index (χ1n) is 9.72. The van der Waals surface area contributed by atoms with E-state index in [1.54, 1.807) is 0 Å². The molecule has 0 fully saturated rings. The molecule has 1 aliphatic rings. The number of aromatic nitrogens is 1. The van der Waals surface area contributed by atoms with E-state index >= 15 is 0 Å². The van der Waals surface area contributed by atoms with Gasteiger partial charge in [-0.15, -0.1) is 0 Å². The molecule has 7 heteroatoms. The smallest absolute Gasteiger partial charge is 0.356 e. The second-order valence-electron chi connectivity index (χ2n) is 6.85. The number of carbonyl (C=O) groups is 3. The highest BCUT2D eigenvalue weighted by Crippen LogP contribution is 2.34. The lowest BCUT2D eigenvalue weighted by atomic mass is 10.0. The van der Waals surface area contributed by atoms with Crippen molar-refractivity contribution >= 4 is 28.6 Å². The first kappa shape index (κ1) is 19.4. The monoisotopic (exact) mass is 403 g/mol. The minimum atomic E-state index is -0.691. The summed E-state index contributed by atoms with van der Waals surface area (Å²) in [6.07, 6.45) is 1.51. The summed E-state index contributed by atoms with van der Waals surface area (Å²) in [5.74, 6) is -1.22. The summed E-state index contributed by atoms with van der Waals surface area (Å²) in [6, 6.07) is 17.4. The van der Waals surface area contributed by atoms with Crippen LogP contribution in [-0.2, 0) is 20.9 Å². The second-order valence-corrected chi connectivity index (χ2v) is 6.85. The van der Waals surface area contributed by atoms with E-state index in [4.69, 9.17) is 4.74 Å². The van der Waals surface area contributed by atoms with Gasteiger partial charge in [-0.1, -0.05) is 48.5 Å². The second kappa shape index (κ2) is 8.24. The Labute approximate surface area is 173 Å². The molecule has 0 atom stereocenters. The Morgan fingerprint density at radius 1 is 1.03 bits per heavy atom. The number of nitrogens with zero attached hydrogens (tertiary/aromatic N) is 1. The highest BCUT2D eigenvalue weighted by atomic mass is 16.5. The maximum atomic E-state index is 13.2. The molecule has 1 aromatic heterocycles. The fraction of sp³-hybridized carbons (Fsp3) is 0.174. The zero-order valence-corrected chi connectivity index (χ0v) is 16.5. The first-order valence-corrected chi connectivity index (χ1v) is 9.72. The largest absolute Gasteiger partial charge is 0.453 e. The van der Waals surface area contributed by atoms with E-state index < -0.39 is 12.6 Å². The topological polar surface area (TPSA) is 89.4 Å². The number of benzene rings is 2. The van der Waals surface area contributed by atoms with E-state index in [0.29, 0.717) is 12.1 Å². The third-order valence-corrected chi connectivity index (χ3v) is 5.00. The number of aryl methyl sites for hydroxylation is 1. The van der Waals surface area contributed by atoms with Crippen molar-refractivity contribution in [3.63, 3.8) is 0 Å². The molecule has 2 N–H and O–H groups in total. The van der Waals surface area contributed by atoms with E-state index in [-0.39, 0.29) is 23.8 Å². The maximum absolute atomic E-state index is 13.2. The Kier molecular flexibility index (Phi) is 5.34. The van der Waals surface area contributed by atoms with E-state index in [2.05, 4.69) is 15.4 Å². The van der Waals surface area contributed by atoms with Crippen LogP contribution in [0.4, 0.5) is 0 Å². The minimum Gasteiger partial charge on any atom is -0.453 e. The lowest BCUT2D eigenvalue weighted by molar-refractivity contribution is -0.138. The van der Waals surface area contributed by atoms with Crippen molar-refractivity contribution < 1.29 is 19.1 Å². The Hall–Kier alpha value is -3.87. The van der Waals surface area contributed by atoms with Crippen molar-refractivity contribution in [1.29, 1.82) is 0 Å². The van der Waals surface area contributed by atoms with Crippen LogP contribution in [-0.4, -0.2) is 28.8 Å². The number of Topliss-reactive ketones (excluding diaryl/α,β-unsaturated/α-hetero) is 1. The van der Waals surface area contributed by atoms with Crippen LogP contribution in [0.25, 0.3) is 22.2 Å². The molecule has 0 saturated carbocycles. The molecule has 2 heterocycles. The van der Waals surface area contributed by atoms with Gasteiger partial charge in [-0.3, -0.25) is 20.4 Å². The molecule has 0 aliphatic carbocycles. The number of para-hydroxylation sites is 1. The predicted molar refractivity (Wildman–Crippen MR) is 112 cm³/mol. The number of fused-ring (bicyclic) bond motifs is 1. The van der Waals surface area contributed by atoms with E-state index in [1.165, 1.54) is 6.08 Å². The average Bonchev–Trinajstić information content (AvgIpc) is 3.12. The number of esters is 1. The average molecular weight is 403 g/mol. The molecular formula is C23H21N3O4. The van der Waals surface area contributed by atoms with Crippen molar-refractivity contribution in [2.24, 2.45) is 0 Å². The van der Waals surface area contributed by atoms with Gasteiger partial charge in [0.25, 0.3) is 0 Å². The zero-order chi connectivity index (χ0) is 21.1. The van der Waals surface area contributed by atoms with Crippen LogP contribution in [0.15, 0.2) is 66.4 Å². The Morgan fingerprint density at radius 3 is 2.47 bits per heavy atom. The van der Waals surface area contributed by atoms with Crippen LogP contribution in [0.5, 0.6) is 0 Å². The van der Waals surface area contributed by atoms with Crippen LogP contribution in [0.1, 0.15) is 23.7 Å². The summed E-state index contributed by atoms with van der Waals surface area (Å²) >= 11 is 0. The summed E-state index contributed by atoms with van der Waals surface area (Å²) in [6.45, 7) is 2.32. The third kappa shape index (κ3) is 3.57. The Balaban J connectivity index is 1.68. The molecule has 0 unspecified atom stereocenters. The lowest BCUT2D eigenvalue weighted by Crippen LogP contribution is -2.42. The standard InChI is InChI=1S/C23H21N3O4/c1-2-26-18-11-7-6-10-16(18)21(22(26)15-8-4-3-5-9-15)19(27)14-30-23(29)17-12-13-20(28)25-24-17/h3-12,24H,2,13-14H2,1H3,(H,25,28). The molecule has 0 radical (unpaired) electrons. The Bertz CT molecular complexity index is 1160. The number of hydrogen-bond acceptors (Lipinski definition) is 5. The van der Waals surface area contributed by atoms with Gasteiger partial charge in [-0.2, -0.15) is 0 Å². The minimum absolute atomic E-state index is 0.0769. The molecule has 0 spiro atoms. The van der Waals surface area contributed by atoms with Gasteiger partial charge < -0.3 is 9.30 Å². The van der Waals surface area contributed by atoms with Gasteiger partial charge in [0.1, 0.15) is 5.70 Å². The molecular weight excluding hydrogens is 382 g/mol. The number of hydrogen-bond donors (Lipinski definition) is 2. The lowest BCUT2D eigenvalue weighted by Gasteiger charge is -2.15. The molecule has 1 amide bonds. The van der Waals surface area contributed by atoms with Crippen LogP contribution in [0.2, 0.25) is 0 Å². The van der Waals surface area contributed by atoms with Crippen molar-refractivity contribution in [2.45, 2.75) is 19.9 Å². The highest BCUT2D eigenvalue weighted by Gasteiger charge is 2.25. The van der Waals surface area contributed by atoms with Crippen molar-refractivity contribution in [3.05, 3.63) is 71.9 Å². The van der Waals surface area contributed by atoms with Gasteiger partial charge >= 0.3 is 5.97 Å². The SMILES string of the molecule is CCn1c(-c2ccccc2)c(C(=O)COC(=O)C2=CCC(=O)NN2)c2ccccc21. The number of amides is 1. The Morgan fingerprint density at radius 2 is 1.77 bits per heavy atom. The van der Waals surface area contributed by atoms with Gasteiger partial charge in [0.05, 0.1) is 11.3 Å². The summed E-state index contributed by atoms with van der Waals surface area (Å²) < 4.78 is 7.33. The van der Waals surface area contributed by atoms with Crippen LogP contribution < -0.4 is 10.9 Å². The molecule has 152 valence electrons. The van der Waals surface area contributed by atoms with Gasteiger partial charge in [0.2, 0.25) is 11.7 Å². The van der Waals surface area contributed by atoms with Crippen LogP contribution in [0.3, 0.4) is 0 Å². The third-order valence-electron chi connectivity index (χ3n) is 5.00. The fourth-order valence-electron chi connectivity index (χ4n) is 3.66. The highest BCUT2D eigenvalue weighted by molar-refractivity contribution is 6.14. The van der Waals surface area contributed by atoms with Gasteiger partial charge in [-0.25, -0.2) is 4.79 Å². The molecule has 1 aliphatic heterocycles. The number of hydrazine groups is 1. The van der Waals surface area contributed by atoms with E-state index in [9.17, 15) is 14.4 Å². The molecule has 0 saturated heterocycles. The number of nitrogens with one attached hydrogen (secondary N) is 2. The summed E-state index contributed by atoms with van der Waals surface area (Å²) in [5.41, 5.74) is 8.16. The number of ether oxygens (including phenoxy) is 1. The fourth-order valence-corrected chi connectivity index (χ4v) is 3.66. The predicted octanol–water partition coefficient (Wildman–Crippen LogP) is 2.96. The van der Waals surface area contributed by atoms with E-state index in [0.717, 1.165) is 22.2 Å². The van der Waals surface area contributed by atoms with Crippen LogP contribution in [0, 0.1) is 0 Å². The summed E-state index contributed by atoms with van der Waals surface area (Å²) in [7, 11) is 0. The molecule has 30 heavy (non-hydrogen) atoms. The van der Waals surface area contributed by atoms with Crippen LogP contribution >= 0.6 is 0 Å². The quantitative estimate of drug-likeness (QED) is 0.488. The number of carbonyl (C=O) groups excluding carboxylic acids is 3. The van der Waals surface area contributed by atoms with Crippen molar-refractivity contribution in [1.82, 2.24) is 15.4 Å². The zero-order valence-electron chi connectivity index (χ0n) is 16.5. The molecule has 4 rings (SSSR count). The van der Waals surface area contributed by atoms with Crippen molar-refractivity contribution in [2.75, 3.05) is 6.61 Å². The number of rotatable bonds is 6. The van der Waals surface area contributed by atoms with Gasteiger partial charge in [-0.05, 0) is 24.6 Å². The van der Waals surface area contributed by atoms with Crippen molar-refractivity contribution in [3.8, 4) is 11.3 Å². The van der Waals surface area contributed by atoms with Gasteiger partial charge in [0, 0.05) is 23.9 Å². The number of ketones is 1. The molecule has 2 aromatic carbocycles. The normalized spacial score (nSPS) is 13.4. The molecule has 3 aromatic rings. The molecule has 7 nitrogen and oxygen atoms in total. The summed E-state index contributed by atoms with van der Waals surface area (Å²) in [4.78, 5) is 36.7. The van der Waals surface area contributed by atoms with E-state index in [1.807, 2.05) is 61.5 Å².